The van der Waals surface area contributed by atoms with Crippen molar-refractivity contribution in [3.05, 3.63) is 52.5 Å². The van der Waals surface area contributed by atoms with Gasteiger partial charge in [0.05, 0.1) is 23.4 Å². The van der Waals surface area contributed by atoms with Crippen LogP contribution in [0.3, 0.4) is 0 Å². The van der Waals surface area contributed by atoms with Crippen LogP contribution in [0, 0.1) is 18.6 Å². The summed E-state index contributed by atoms with van der Waals surface area (Å²) in [6.45, 7) is 1.84. The van der Waals surface area contributed by atoms with Gasteiger partial charge in [0.15, 0.2) is 11.9 Å². The number of nitrogens with zero attached hydrogens (tertiary/aromatic N) is 2. The fourth-order valence-electron chi connectivity index (χ4n) is 3.09. The molecule has 1 amide bonds. The summed E-state index contributed by atoms with van der Waals surface area (Å²) in [6.07, 6.45) is -1.65. The number of aliphatic carboxylic acids is 1. The predicted octanol–water partition coefficient (Wildman–Crippen LogP) is 3.65. The summed E-state index contributed by atoms with van der Waals surface area (Å²) in [6, 6.07) is 7.16. The normalized spacial score (nSPS) is 16.2. The highest BCUT2D eigenvalue weighted by Crippen LogP contribution is 2.37. The maximum absolute atomic E-state index is 14.0. The molecule has 4 rings (SSSR count). The number of anilines is 1. The molecule has 1 N–H and O–H groups in total. The van der Waals surface area contributed by atoms with E-state index in [1.807, 2.05) is 6.92 Å². The summed E-state index contributed by atoms with van der Waals surface area (Å²) < 4.78 is 33.3. The number of rotatable bonds is 4. The Hall–Kier alpha value is -3.07. The average molecular weight is 404 g/mol. The van der Waals surface area contributed by atoms with Gasteiger partial charge in [-0.1, -0.05) is 6.07 Å². The van der Waals surface area contributed by atoms with Crippen LogP contribution in [-0.2, 0) is 16.1 Å². The number of carboxylic acids is 1. The molecule has 0 radical (unpaired) electrons. The molecular formula is C19H14F2N2O4S. The highest BCUT2D eigenvalue weighted by molar-refractivity contribution is 7.18. The van der Waals surface area contributed by atoms with Crippen molar-refractivity contribution < 1.29 is 28.2 Å². The maximum Gasteiger partial charge on any atom is 0.307 e. The number of benzene rings is 2. The van der Waals surface area contributed by atoms with Gasteiger partial charge in [-0.25, -0.2) is 13.8 Å². The van der Waals surface area contributed by atoms with E-state index in [4.69, 9.17) is 9.84 Å². The minimum atomic E-state index is -1.17. The lowest BCUT2D eigenvalue weighted by atomic mass is 10.1. The molecule has 0 aliphatic carbocycles. The van der Waals surface area contributed by atoms with E-state index in [2.05, 4.69) is 4.98 Å². The topological polar surface area (TPSA) is 79.7 Å². The van der Waals surface area contributed by atoms with Crippen LogP contribution in [0.15, 0.2) is 30.3 Å². The lowest BCUT2D eigenvalue weighted by Gasteiger charge is -2.33. The van der Waals surface area contributed by atoms with E-state index in [1.54, 1.807) is 18.2 Å². The third kappa shape index (κ3) is 3.29. The molecule has 0 bridgehead atoms. The van der Waals surface area contributed by atoms with Crippen LogP contribution >= 0.6 is 11.3 Å². The largest absolute Gasteiger partial charge is 0.481 e. The number of hydrogen-bond acceptors (Lipinski definition) is 5. The van der Waals surface area contributed by atoms with Gasteiger partial charge in [-0.3, -0.25) is 14.5 Å². The zero-order valence-electron chi connectivity index (χ0n) is 14.6. The number of carbonyl (C=O) groups is 2. The molecule has 2 heterocycles. The van der Waals surface area contributed by atoms with Crippen molar-refractivity contribution in [1.29, 1.82) is 0 Å². The second-order valence-electron chi connectivity index (χ2n) is 6.44. The Balaban J connectivity index is 1.74. The number of ether oxygens (including phenoxy) is 1. The van der Waals surface area contributed by atoms with Gasteiger partial charge in [0.2, 0.25) is 0 Å². The molecule has 1 atom stereocenters. The van der Waals surface area contributed by atoms with Crippen molar-refractivity contribution in [1.82, 2.24) is 4.98 Å². The van der Waals surface area contributed by atoms with E-state index in [0.29, 0.717) is 21.1 Å². The summed E-state index contributed by atoms with van der Waals surface area (Å²) in [5, 5.41) is 9.46. The highest BCUT2D eigenvalue weighted by atomic mass is 32.1. The van der Waals surface area contributed by atoms with E-state index < -0.39 is 36.0 Å². The second-order valence-corrected chi connectivity index (χ2v) is 7.56. The van der Waals surface area contributed by atoms with Gasteiger partial charge in [0.25, 0.3) is 5.91 Å². The van der Waals surface area contributed by atoms with Crippen LogP contribution in [0.2, 0.25) is 0 Å². The van der Waals surface area contributed by atoms with Crippen LogP contribution in [0.5, 0.6) is 5.75 Å². The molecule has 2 aromatic carbocycles. The van der Waals surface area contributed by atoms with Gasteiger partial charge in [0, 0.05) is 6.07 Å². The Kier molecular flexibility index (Phi) is 4.46. The minimum Gasteiger partial charge on any atom is -0.481 e. The number of hydrogen-bond donors (Lipinski definition) is 1. The number of aromatic nitrogens is 1. The molecule has 6 nitrogen and oxygen atoms in total. The molecule has 1 aliphatic heterocycles. The summed E-state index contributed by atoms with van der Waals surface area (Å²) in [5.74, 6) is -2.77. The number of carboxylic acid groups (broad SMARTS) is 1. The number of amides is 1. The van der Waals surface area contributed by atoms with Crippen molar-refractivity contribution in [3.8, 4) is 5.75 Å². The molecule has 1 aromatic heterocycles. The third-order valence-electron chi connectivity index (χ3n) is 4.33. The number of fused-ring (bicyclic) bond motifs is 2. The Bertz CT molecular complexity index is 1110. The summed E-state index contributed by atoms with van der Waals surface area (Å²) in [4.78, 5) is 29.5. The smallest absolute Gasteiger partial charge is 0.307 e. The number of halogens is 2. The molecule has 9 heteroatoms. The van der Waals surface area contributed by atoms with E-state index in [9.17, 15) is 18.4 Å². The zero-order valence-corrected chi connectivity index (χ0v) is 15.4. The van der Waals surface area contributed by atoms with Crippen LogP contribution in [0.25, 0.3) is 10.2 Å². The van der Waals surface area contributed by atoms with Gasteiger partial charge >= 0.3 is 5.97 Å². The van der Waals surface area contributed by atoms with E-state index in [1.165, 1.54) is 11.0 Å². The lowest BCUT2D eigenvalue weighted by molar-refractivity contribution is -0.142. The lowest BCUT2D eigenvalue weighted by Crippen LogP contribution is -2.46. The summed E-state index contributed by atoms with van der Waals surface area (Å²) in [5.41, 5.74) is 1.40. The highest BCUT2D eigenvalue weighted by Gasteiger charge is 2.36. The zero-order chi connectivity index (χ0) is 20.0. The number of carbonyl (C=O) groups excluding carboxylic acids is 1. The van der Waals surface area contributed by atoms with Crippen LogP contribution in [0.1, 0.15) is 17.0 Å². The van der Waals surface area contributed by atoms with Crippen molar-refractivity contribution in [2.24, 2.45) is 0 Å². The van der Waals surface area contributed by atoms with Crippen molar-refractivity contribution >= 4 is 39.1 Å². The fraction of sp³-hybridized carbons (Fsp3) is 0.211. The Morgan fingerprint density at radius 1 is 1.32 bits per heavy atom. The van der Waals surface area contributed by atoms with Gasteiger partial charge in [-0.2, -0.15) is 0 Å². The molecule has 144 valence electrons. The van der Waals surface area contributed by atoms with E-state index in [-0.39, 0.29) is 12.1 Å². The van der Waals surface area contributed by atoms with Gasteiger partial charge in [-0.05, 0) is 30.7 Å². The first-order valence-corrected chi connectivity index (χ1v) is 9.18. The number of aryl methyl sites for hydroxylation is 1. The minimum absolute atomic E-state index is 0.00479. The van der Waals surface area contributed by atoms with Crippen LogP contribution in [-0.4, -0.2) is 28.1 Å². The van der Waals surface area contributed by atoms with Crippen LogP contribution < -0.4 is 9.64 Å². The SMILES string of the molecule is Cc1ccc2c(c1)N(Cc1nc3c(F)cc(F)cc3s1)C(=O)C(CC(=O)O)O2. The number of thiazole rings is 1. The van der Waals surface area contributed by atoms with Crippen molar-refractivity contribution in [3.63, 3.8) is 0 Å². The van der Waals surface area contributed by atoms with Crippen molar-refractivity contribution in [2.75, 3.05) is 4.90 Å². The van der Waals surface area contributed by atoms with Gasteiger partial charge in [0.1, 0.15) is 22.1 Å². The molecule has 28 heavy (non-hydrogen) atoms. The van der Waals surface area contributed by atoms with Gasteiger partial charge < -0.3 is 9.84 Å². The van der Waals surface area contributed by atoms with E-state index in [0.717, 1.165) is 23.0 Å². The molecule has 0 saturated carbocycles. The second kappa shape index (κ2) is 6.83. The first kappa shape index (κ1) is 18.3. The maximum atomic E-state index is 14.0. The van der Waals surface area contributed by atoms with E-state index >= 15 is 0 Å². The molecule has 3 aromatic rings. The molecule has 0 fully saturated rings. The first-order chi connectivity index (χ1) is 13.3. The molecule has 1 aliphatic rings. The Labute approximate surface area is 162 Å². The molecular weight excluding hydrogens is 390 g/mol. The quantitative estimate of drug-likeness (QED) is 0.718. The molecule has 0 saturated heterocycles. The summed E-state index contributed by atoms with van der Waals surface area (Å²) in [7, 11) is 0. The third-order valence-corrected chi connectivity index (χ3v) is 5.31. The molecule has 0 spiro atoms. The van der Waals surface area contributed by atoms with Crippen molar-refractivity contribution in [2.45, 2.75) is 26.0 Å². The Morgan fingerprint density at radius 3 is 2.86 bits per heavy atom. The Morgan fingerprint density at radius 2 is 2.11 bits per heavy atom. The average Bonchev–Trinajstić information content (AvgIpc) is 3.01. The standard InChI is InChI=1S/C19H14F2N2O4S/c1-9-2-3-13-12(4-9)23(19(26)14(27-13)7-17(24)25)8-16-22-18-11(21)5-10(20)6-15(18)28-16/h2-6,14H,7-8H2,1H3,(H,24,25). The molecule has 1 unspecified atom stereocenters. The van der Waals surface area contributed by atoms with Gasteiger partial charge in [-0.15, -0.1) is 11.3 Å². The monoisotopic (exact) mass is 404 g/mol. The first-order valence-electron chi connectivity index (χ1n) is 8.37. The summed E-state index contributed by atoms with van der Waals surface area (Å²) >= 11 is 1.07. The van der Waals surface area contributed by atoms with Crippen LogP contribution in [0.4, 0.5) is 14.5 Å². The fourth-order valence-corrected chi connectivity index (χ4v) is 4.09. The predicted molar refractivity (Wildman–Crippen MR) is 98.6 cm³/mol.